The zero-order chi connectivity index (χ0) is 15.6. The molecule has 0 radical (unpaired) electrons. The number of rotatable bonds is 3. The molecule has 0 aliphatic heterocycles. The molecule has 0 saturated carbocycles. The molecule has 0 spiro atoms. The number of hydrogen-bond donors (Lipinski definition) is 3. The molecule has 1 aromatic heterocycles. The van der Waals surface area contributed by atoms with Gasteiger partial charge in [-0.1, -0.05) is 0 Å². The Morgan fingerprint density at radius 3 is 2.57 bits per heavy atom. The van der Waals surface area contributed by atoms with Crippen molar-refractivity contribution >= 4 is 17.6 Å². The van der Waals surface area contributed by atoms with Crippen LogP contribution in [0.2, 0.25) is 0 Å². The van der Waals surface area contributed by atoms with Crippen molar-refractivity contribution in [1.82, 2.24) is 4.98 Å². The van der Waals surface area contributed by atoms with Gasteiger partial charge in [0.2, 0.25) is 5.95 Å². The van der Waals surface area contributed by atoms with E-state index in [1.807, 2.05) is 0 Å². The summed E-state index contributed by atoms with van der Waals surface area (Å²) in [5.41, 5.74) is -1.05. The Balaban J connectivity index is 2.33. The van der Waals surface area contributed by atoms with Gasteiger partial charge >= 0.3 is 5.97 Å². The number of nitrogens with one attached hydrogen (secondary N) is 1. The summed E-state index contributed by atoms with van der Waals surface area (Å²) in [6.45, 7) is 0. The van der Waals surface area contributed by atoms with Crippen LogP contribution in [0.1, 0.15) is 20.7 Å². The molecule has 0 unspecified atom stereocenters. The van der Waals surface area contributed by atoms with E-state index >= 15 is 0 Å². The number of halogens is 2. The zero-order valence-corrected chi connectivity index (χ0v) is 10.3. The molecular formula is C13H8F2N2O4. The number of phenolic OH excluding ortho intramolecular Hbond substituents is 1. The number of carboxylic acids is 1. The lowest BCUT2D eigenvalue weighted by atomic mass is 10.1. The summed E-state index contributed by atoms with van der Waals surface area (Å²) in [6.07, 6.45) is 0.904. The molecule has 2 rings (SSSR count). The lowest BCUT2D eigenvalue weighted by molar-refractivity contribution is 0.0696. The number of phenols is 1. The molecule has 0 atom stereocenters. The number of amides is 1. The van der Waals surface area contributed by atoms with Gasteiger partial charge in [0, 0.05) is 6.20 Å². The number of nitrogens with zero attached hydrogens (tertiary/aromatic N) is 1. The van der Waals surface area contributed by atoms with Crippen LogP contribution in [0.25, 0.3) is 0 Å². The Hall–Kier alpha value is -3.03. The van der Waals surface area contributed by atoms with E-state index in [0.717, 1.165) is 30.5 Å². The van der Waals surface area contributed by atoms with Crippen molar-refractivity contribution < 1.29 is 28.6 Å². The number of carbonyl (C=O) groups is 2. The number of aromatic carboxylic acids is 1. The van der Waals surface area contributed by atoms with Gasteiger partial charge in [-0.15, -0.1) is 0 Å². The van der Waals surface area contributed by atoms with Crippen LogP contribution in [0.3, 0.4) is 0 Å². The third kappa shape index (κ3) is 2.94. The minimum atomic E-state index is -1.44. The van der Waals surface area contributed by atoms with Crippen LogP contribution in [0.15, 0.2) is 30.5 Å². The van der Waals surface area contributed by atoms with Crippen molar-refractivity contribution in [2.75, 3.05) is 5.32 Å². The fraction of sp³-hybridized carbons (Fsp3) is 0. The Bertz CT molecular complexity index is 734. The van der Waals surface area contributed by atoms with Crippen LogP contribution < -0.4 is 5.32 Å². The van der Waals surface area contributed by atoms with Crippen molar-refractivity contribution in [3.05, 3.63) is 53.4 Å². The van der Waals surface area contributed by atoms with Gasteiger partial charge in [0.15, 0.2) is 5.82 Å². The van der Waals surface area contributed by atoms with Crippen LogP contribution in [0.5, 0.6) is 5.75 Å². The number of hydrogen-bond acceptors (Lipinski definition) is 4. The van der Waals surface area contributed by atoms with Crippen molar-refractivity contribution in [3.63, 3.8) is 0 Å². The normalized spacial score (nSPS) is 10.2. The predicted molar refractivity (Wildman–Crippen MR) is 67.2 cm³/mol. The van der Waals surface area contributed by atoms with E-state index in [-0.39, 0.29) is 11.3 Å². The average Bonchev–Trinajstić information content (AvgIpc) is 2.43. The van der Waals surface area contributed by atoms with E-state index in [4.69, 9.17) is 5.11 Å². The first kappa shape index (κ1) is 14.4. The SMILES string of the molecule is O=C(O)c1ccc(O)c(NC(=O)c2ccnc(F)c2F)c1. The first-order valence-corrected chi connectivity index (χ1v) is 5.58. The third-order valence-electron chi connectivity index (χ3n) is 2.58. The Kier molecular flexibility index (Phi) is 3.79. The largest absolute Gasteiger partial charge is 0.506 e. The molecule has 1 heterocycles. The number of carbonyl (C=O) groups excluding carboxylic acids is 1. The maximum Gasteiger partial charge on any atom is 0.335 e. The third-order valence-corrected chi connectivity index (χ3v) is 2.58. The van der Waals surface area contributed by atoms with Gasteiger partial charge < -0.3 is 15.5 Å². The maximum absolute atomic E-state index is 13.4. The number of benzene rings is 1. The molecular weight excluding hydrogens is 286 g/mol. The fourth-order valence-corrected chi connectivity index (χ4v) is 1.55. The number of pyridine rings is 1. The lowest BCUT2D eigenvalue weighted by Gasteiger charge is -2.08. The molecule has 2 aromatic rings. The van der Waals surface area contributed by atoms with Gasteiger partial charge in [0.05, 0.1) is 16.8 Å². The van der Waals surface area contributed by atoms with Gasteiger partial charge in [0.1, 0.15) is 5.75 Å². The van der Waals surface area contributed by atoms with Gasteiger partial charge in [0.25, 0.3) is 5.91 Å². The second-order valence-corrected chi connectivity index (χ2v) is 3.95. The van der Waals surface area contributed by atoms with E-state index in [1.54, 1.807) is 0 Å². The van der Waals surface area contributed by atoms with E-state index in [1.165, 1.54) is 0 Å². The van der Waals surface area contributed by atoms with E-state index in [2.05, 4.69) is 10.3 Å². The molecule has 21 heavy (non-hydrogen) atoms. The standard InChI is InChI=1S/C13H8F2N2O4/c14-10-7(3-4-16-11(10)15)12(19)17-8-5-6(13(20)21)1-2-9(8)18/h1-5,18H,(H,17,19)(H,20,21). The second kappa shape index (κ2) is 5.53. The number of carboxylic acid groups (broad SMARTS) is 1. The lowest BCUT2D eigenvalue weighted by Crippen LogP contribution is -2.15. The Labute approximate surface area is 116 Å². The summed E-state index contributed by atoms with van der Waals surface area (Å²) in [5, 5.41) is 20.5. The monoisotopic (exact) mass is 294 g/mol. The van der Waals surface area contributed by atoms with Crippen LogP contribution in [-0.2, 0) is 0 Å². The van der Waals surface area contributed by atoms with E-state index in [0.29, 0.717) is 0 Å². The fourth-order valence-electron chi connectivity index (χ4n) is 1.55. The molecule has 0 bridgehead atoms. The topological polar surface area (TPSA) is 99.5 Å². The molecule has 0 saturated heterocycles. The number of aromatic nitrogens is 1. The number of anilines is 1. The molecule has 3 N–H and O–H groups in total. The van der Waals surface area contributed by atoms with Gasteiger partial charge in [-0.3, -0.25) is 4.79 Å². The van der Waals surface area contributed by atoms with Gasteiger partial charge in [-0.05, 0) is 24.3 Å². The summed E-state index contributed by atoms with van der Waals surface area (Å²) < 4.78 is 26.3. The van der Waals surface area contributed by atoms with Gasteiger partial charge in [-0.25, -0.2) is 14.2 Å². The zero-order valence-electron chi connectivity index (χ0n) is 10.3. The first-order chi connectivity index (χ1) is 9.90. The first-order valence-electron chi connectivity index (χ1n) is 5.58. The van der Waals surface area contributed by atoms with Crippen molar-refractivity contribution in [2.24, 2.45) is 0 Å². The molecule has 0 aliphatic carbocycles. The van der Waals surface area contributed by atoms with Crippen LogP contribution in [0.4, 0.5) is 14.5 Å². The molecule has 8 heteroatoms. The molecule has 0 fully saturated rings. The number of aromatic hydroxyl groups is 1. The summed E-state index contributed by atoms with van der Waals surface area (Å²) in [5.74, 6) is -5.61. The highest BCUT2D eigenvalue weighted by molar-refractivity contribution is 6.05. The molecule has 6 nitrogen and oxygen atoms in total. The van der Waals surface area contributed by atoms with Crippen molar-refractivity contribution in [1.29, 1.82) is 0 Å². The summed E-state index contributed by atoms with van der Waals surface area (Å²) >= 11 is 0. The summed E-state index contributed by atoms with van der Waals surface area (Å²) in [6, 6.07) is 4.12. The molecule has 1 amide bonds. The quantitative estimate of drug-likeness (QED) is 0.594. The minimum Gasteiger partial charge on any atom is -0.506 e. The molecule has 1 aromatic carbocycles. The van der Waals surface area contributed by atoms with Crippen molar-refractivity contribution in [3.8, 4) is 5.75 Å². The molecule has 0 aliphatic rings. The summed E-state index contributed by atoms with van der Waals surface area (Å²) in [4.78, 5) is 25.7. The highest BCUT2D eigenvalue weighted by atomic mass is 19.2. The Morgan fingerprint density at radius 2 is 1.90 bits per heavy atom. The summed E-state index contributed by atoms with van der Waals surface area (Å²) in [7, 11) is 0. The average molecular weight is 294 g/mol. The van der Waals surface area contributed by atoms with E-state index in [9.17, 15) is 23.5 Å². The smallest absolute Gasteiger partial charge is 0.335 e. The van der Waals surface area contributed by atoms with Crippen molar-refractivity contribution in [2.45, 2.75) is 0 Å². The van der Waals surface area contributed by atoms with E-state index < -0.39 is 35.0 Å². The minimum absolute atomic E-state index is 0.190. The van der Waals surface area contributed by atoms with Gasteiger partial charge in [-0.2, -0.15) is 4.39 Å². The van der Waals surface area contributed by atoms with Crippen LogP contribution in [-0.4, -0.2) is 27.1 Å². The molecule has 108 valence electrons. The van der Waals surface area contributed by atoms with Crippen LogP contribution >= 0.6 is 0 Å². The highest BCUT2D eigenvalue weighted by Gasteiger charge is 2.18. The maximum atomic E-state index is 13.4. The second-order valence-electron chi connectivity index (χ2n) is 3.95. The Morgan fingerprint density at radius 1 is 1.19 bits per heavy atom. The predicted octanol–water partition coefficient (Wildman–Crippen LogP) is 2.02. The van der Waals surface area contributed by atoms with Crippen LogP contribution in [0, 0.1) is 11.8 Å². The highest BCUT2D eigenvalue weighted by Crippen LogP contribution is 2.25.